The van der Waals surface area contributed by atoms with Gasteiger partial charge in [0.1, 0.15) is 18.2 Å². The molecule has 16 heavy (non-hydrogen) atoms. The molecule has 1 aromatic heterocycles. The Labute approximate surface area is 105 Å². The SMILES string of the molecule is Nc1ccc(OCc2cc(Br)cs2)cc1F. The van der Waals surface area contributed by atoms with E-state index >= 15 is 0 Å². The van der Waals surface area contributed by atoms with Gasteiger partial charge < -0.3 is 10.5 Å². The fourth-order valence-corrected chi connectivity index (χ4v) is 2.54. The van der Waals surface area contributed by atoms with Crippen LogP contribution in [0.5, 0.6) is 5.75 Å². The highest BCUT2D eigenvalue weighted by atomic mass is 79.9. The normalized spacial score (nSPS) is 10.4. The lowest BCUT2D eigenvalue weighted by Crippen LogP contribution is -1.95. The fraction of sp³-hybridized carbons (Fsp3) is 0.0909. The average Bonchev–Trinajstić information content (AvgIpc) is 2.66. The zero-order valence-corrected chi connectivity index (χ0v) is 10.6. The molecule has 2 aromatic rings. The first kappa shape index (κ1) is 11.4. The molecule has 2 N–H and O–H groups in total. The van der Waals surface area contributed by atoms with Crippen molar-refractivity contribution < 1.29 is 9.13 Å². The fourth-order valence-electron chi connectivity index (χ4n) is 1.18. The molecule has 0 aliphatic rings. The molecule has 5 heteroatoms. The van der Waals surface area contributed by atoms with Crippen LogP contribution >= 0.6 is 27.3 Å². The number of nitrogens with two attached hydrogens (primary N) is 1. The van der Waals surface area contributed by atoms with Gasteiger partial charge in [-0.3, -0.25) is 0 Å². The van der Waals surface area contributed by atoms with Crippen LogP contribution in [0.4, 0.5) is 10.1 Å². The number of thiophene rings is 1. The van der Waals surface area contributed by atoms with Crippen molar-refractivity contribution in [1.29, 1.82) is 0 Å². The van der Waals surface area contributed by atoms with Crippen LogP contribution in [0.25, 0.3) is 0 Å². The van der Waals surface area contributed by atoms with Crippen LogP contribution in [0, 0.1) is 5.82 Å². The molecule has 0 saturated carbocycles. The van der Waals surface area contributed by atoms with Gasteiger partial charge in [0.25, 0.3) is 0 Å². The number of benzene rings is 1. The largest absolute Gasteiger partial charge is 0.488 e. The number of halogens is 2. The maximum atomic E-state index is 13.1. The third-order valence-corrected chi connectivity index (χ3v) is 3.65. The van der Waals surface area contributed by atoms with Crippen molar-refractivity contribution >= 4 is 33.0 Å². The van der Waals surface area contributed by atoms with Crippen LogP contribution in [-0.2, 0) is 6.61 Å². The van der Waals surface area contributed by atoms with Gasteiger partial charge in [-0.15, -0.1) is 11.3 Å². The average molecular weight is 302 g/mol. The minimum Gasteiger partial charge on any atom is -0.488 e. The Morgan fingerprint density at radius 1 is 1.38 bits per heavy atom. The maximum Gasteiger partial charge on any atom is 0.149 e. The van der Waals surface area contributed by atoms with E-state index in [0.29, 0.717) is 12.4 Å². The van der Waals surface area contributed by atoms with Crippen molar-refractivity contribution in [3.63, 3.8) is 0 Å². The van der Waals surface area contributed by atoms with Crippen molar-refractivity contribution in [2.24, 2.45) is 0 Å². The van der Waals surface area contributed by atoms with Crippen LogP contribution < -0.4 is 10.5 Å². The predicted octanol–water partition coefficient (Wildman–Crippen LogP) is 3.81. The Hall–Kier alpha value is -1.07. The minimum atomic E-state index is -0.454. The van der Waals surface area contributed by atoms with E-state index < -0.39 is 5.82 Å². The highest BCUT2D eigenvalue weighted by molar-refractivity contribution is 9.10. The monoisotopic (exact) mass is 301 g/mol. The Balaban J connectivity index is 2.02. The highest BCUT2D eigenvalue weighted by Gasteiger charge is 2.02. The number of anilines is 1. The van der Waals surface area contributed by atoms with E-state index in [4.69, 9.17) is 10.5 Å². The molecule has 0 fully saturated rings. The van der Waals surface area contributed by atoms with Gasteiger partial charge in [-0.2, -0.15) is 0 Å². The van der Waals surface area contributed by atoms with Crippen LogP contribution in [0.1, 0.15) is 4.88 Å². The lowest BCUT2D eigenvalue weighted by Gasteiger charge is -2.05. The summed E-state index contributed by atoms with van der Waals surface area (Å²) < 4.78 is 19.6. The summed E-state index contributed by atoms with van der Waals surface area (Å²) >= 11 is 4.94. The second-order valence-electron chi connectivity index (χ2n) is 3.20. The molecule has 2 nitrogen and oxygen atoms in total. The first-order chi connectivity index (χ1) is 7.65. The molecular weight excluding hydrogens is 293 g/mol. The summed E-state index contributed by atoms with van der Waals surface area (Å²) in [7, 11) is 0. The standard InChI is InChI=1S/C11H9BrFNOS/c12-7-3-9(16-6-7)5-15-8-1-2-11(14)10(13)4-8/h1-4,6H,5,14H2. The van der Waals surface area contributed by atoms with Crippen molar-refractivity contribution in [3.05, 3.63) is 44.8 Å². The summed E-state index contributed by atoms with van der Waals surface area (Å²) in [4.78, 5) is 1.07. The van der Waals surface area contributed by atoms with E-state index in [1.165, 1.54) is 12.1 Å². The van der Waals surface area contributed by atoms with Gasteiger partial charge >= 0.3 is 0 Å². The summed E-state index contributed by atoms with van der Waals surface area (Å²) in [6, 6.07) is 6.41. The summed E-state index contributed by atoms with van der Waals surface area (Å²) in [6.07, 6.45) is 0. The van der Waals surface area contributed by atoms with Gasteiger partial charge in [-0.25, -0.2) is 4.39 Å². The molecule has 84 valence electrons. The number of ether oxygens (including phenoxy) is 1. The second-order valence-corrected chi connectivity index (χ2v) is 5.11. The van der Waals surface area contributed by atoms with Crippen LogP contribution in [-0.4, -0.2) is 0 Å². The van der Waals surface area contributed by atoms with E-state index in [-0.39, 0.29) is 5.69 Å². The smallest absolute Gasteiger partial charge is 0.149 e. The first-order valence-electron chi connectivity index (χ1n) is 4.56. The molecular formula is C11H9BrFNOS. The van der Waals surface area contributed by atoms with Crippen LogP contribution in [0.2, 0.25) is 0 Å². The van der Waals surface area contributed by atoms with E-state index in [0.717, 1.165) is 9.35 Å². The minimum absolute atomic E-state index is 0.131. The lowest BCUT2D eigenvalue weighted by atomic mass is 10.3. The van der Waals surface area contributed by atoms with Gasteiger partial charge in [0.05, 0.1) is 5.69 Å². The summed E-state index contributed by atoms with van der Waals surface area (Å²) in [5, 5.41) is 1.97. The van der Waals surface area contributed by atoms with Gasteiger partial charge in [0.15, 0.2) is 0 Å². The molecule has 2 rings (SSSR count). The molecule has 0 aliphatic carbocycles. The molecule has 0 spiro atoms. The van der Waals surface area contributed by atoms with E-state index in [1.807, 2.05) is 11.4 Å². The van der Waals surface area contributed by atoms with Gasteiger partial charge in [0, 0.05) is 20.8 Å². The molecule has 0 unspecified atom stereocenters. The molecule has 0 saturated heterocycles. The molecule has 0 aliphatic heterocycles. The first-order valence-corrected chi connectivity index (χ1v) is 6.23. The van der Waals surface area contributed by atoms with Gasteiger partial charge in [-0.1, -0.05) is 0 Å². The summed E-state index contributed by atoms with van der Waals surface area (Å²) in [6.45, 7) is 0.430. The zero-order chi connectivity index (χ0) is 11.5. The van der Waals surface area contributed by atoms with Gasteiger partial charge in [0.2, 0.25) is 0 Å². The molecule has 0 radical (unpaired) electrons. The molecule has 0 amide bonds. The van der Waals surface area contributed by atoms with E-state index in [1.54, 1.807) is 17.4 Å². The lowest BCUT2D eigenvalue weighted by molar-refractivity contribution is 0.308. The quantitative estimate of drug-likeness (QED) is 0.875. The number of hydrogen-bond acceptors (Lipinski definition) is 3. The van der Waals surface area contributed by atoms with Crippen LogP contribution in [0.3, 0.4) is 0 Å². The van der Waals surface area contributed by atoms with E-state index in [2.05, 4.69) is 15.9 Å². The Kier molecular flexibility index (Phi) is 3.46. The predicted molar refractivity (Wildman–Crippen MR) is 67.2 cm³/mol. The maximum absolute atomic E-state index is 13.1. The van der Waals surface area contributed by atoms with E-state index in [9.17, 15) is 4.39 Å². The number of hydrogen-bond donors (Lipinski definition) is 1. The summed E-state index contributed by atoms with van der Waals surface area (Å²) in [5.74, 6) is 0.0288. The molecule has 0 atom stereocenters. The third-order valence-electron chi connectivity index (χ3n) is 1.97. The topological polar surface area (TPSA) is 35.2 Å². The molecule has 1 aromatic carbocycles. The Morgan fingerprint density at radius 2 is 2.19 bits per heavy atom. The van der Waals surface area contributed by atoms with Crippen molar-refractivity contribution in [1.82, 2.24) is 0 Å². The molecule has 0 bridgehead atoms. The van der Waals surface area contributed by atoms with Crippen molar-refractivity contribution in [2.75, 3.05) is 5.73 Å². The highest BCUT2D eigenvalue weighted by Crippen LogP contribution is 2.23. The third kappa shape index (κ3) is 2.74. The van der Waals surface area contributed by atoms with Crippen molar-refractivity contribution in [3.8, 4) is 5.75 Å². The second kappa shape index (κ2) is 4.84. The summed E-state index contributed by atoms with van der Waals surface area (Å²) in [5.41, 5.74) is 5.50. The number of rotatable bonds is 3. The van der Waals surface area contributed by atoms with Gasteiger partial charge in [-0.05, 0) is 34.1 Å². The zero-order valence-electron chi connectivity index (χ0n) is 8.24. The van der Waals surface area contributed by atoms with Crippen molar-refractivity contribution in [2.45, 2.75) is 6.61 Å². The number of nitrogen functional groups attached to an aromatic ring is 1. The Bertz CT molecular complexity index is 500. The molecule has 1 heterocycles. The van der Waals surface area contributed by atoms with Crippen LogP contribution in [0.15, 0.2) is 34.1 Å². The Morgan fingerprint density at radius 3 is 2.81 bits per heavy atom.